The molecule has 1 fully saturated rings. The van der Waals surface area contributed by atoms with Crippen molar-refractivity contribution in [3.63, 3.8) is 0 Å². The lowest BCUT2D eigenvalue weighted by Crippen LogP contribution is -2.39. The van der Waals surface area contributed by atoms with Crippen LogP contribution in [0.3, 0.4) is 0 Å². The molecule has 1 aliphatic heterocycles. The molecule has 1 heterocycles. The number of Topliss-reactive ketones (excluding diaryl/α,β-unsaturated/α-hetero) is 1. The zero-order valence-electron chi connectivity index (χ0n) is 9.91. The van der Waals surface area contributed by atoms with Crippen LogP contribution in [0.5, 0.6) is 0 Å². The highest BCUT2D eigenvalue weighted by Crippen LogP contribution is 2.17. The molecule has 0 radical (unpaired) electrons. The molecular formula is C11H21NO2S. The van der Waals surface area contributed by atoms with Crippen molar-refractivity contribution in [1.29, 1.82) is 0 Å². The first-order valence-electron chi connectivity index (χ1n) is 5.50. The molecular weight excluding hydrogens is 210 g/mol. The summed E-state index contributed by atoms with van der Waals surface area (Å²) in [4.78, 5) is 13.9. The molecule has 1 rings (SSSR count). The van der Waals surface area contributed by atoms with Crippen LogP contribution in [0.15, 0.2) is 0 Å². The number of rotatable bonds is 3. The molecule has 0 aliphatic carbocycles. The fraction of sp³-hybridized carbons (Fsp3) is 0.909. The largest absolute Gasteiger partial charge is 0.301 e. The van der Waals surface area contributed by atoms with Crippen molar-refractivity contribution < 1.29 is 9.00 Å². The molecule has 0 N–H and O–H groups in total. The Bertz CT molecular complexity index is 248. The summed E-state index contributed by atoms with van der Waals surface area (Å²) in [5.41, 5.74) is -0.224. The second kappa shape index (κ2) is 5.21. The average Bonchev–Trinajstić information content (AvgIpc) is 2.15. The topological polar surface area (TPSA) is 37.4 Å². The minimum absolute atomic E-state index is 0.224. The van der Waals surface area contributed by atoms with Crippen molar-refractivity contribution in [1.82, 2.24) is 4.90 Å². The van der Waals surface area contributed by atoms with Crippen LogP contribution in [0, 0.1) is 5.41 Å². The molecule has 0 bridgehead atoms. The lowest BCUT2D eigenvalue weighted by atomic mass is 9.89. The molecule has 4 heteroatoms. The van der Waals surface area contributed by atoms with Gasteiger partial charge < -0.3 is 4.90 Å². The lowest BCUT2D eigenvalue weighted by Gasteiger charge is -2.27. The smallest absolute Gasteiger partial charge is 0.139 e. The van der Waals surface area contributed by atoms with Gasteiger partial charge in [-0.15, -0.1) is 0 Å². The van der Waals surface area contributed by atoms with Crippen LogP contribution in [0.1, 0.15) is 27.2 Å². The van der Waals surface area contributed by atoms with Crippen LogP contribution in [0.25, 0.3) is 0 Å². The maximum absolute atomic E-state index is 11.7. The van der Waals surface area contributed by atoms with Gasteiger partial charge >= 0.3 is 0 Å². The van der Waals surface area contributed by atoms with Crippen LogP contribution < -0.4 is 0 Å². The van der Waals surface area contributed by atoms with Gasteiger partial charge in [0.1, 0.15) is 5.78 Å². The van der Waals surface area contributed by atoms with Crippen molar-refractivity contribution in [3.8, 4) is 0 Å². The van der Waals surface area contributed by atoms with Crippen LogP contribution >= 0.6 is 0 Å². The van der Waals surface area contributed by atoms with Crippen LogP contribution in [0.4, 0.5) is 0 Å². The van der Waals surface area contributed by atoms with Gasteiger partial charge in [-0.3, -0.25) is 9.00 Å². The van der Waals surface area contributed by atoms with Gasteiger partial charge in [-0.05, 0) is 0 Å². The van der Waals surface area contributed by atoms with E-state index < -0.39 is 10.8 Å². The average molecular weight is 231 g/mol. The molecule has 1 aliphatic rings. The van der Waals surface area contributed by atoms with E-state index in [1.165, 1.54) is 0 Å². The van der Waals surface area contributed by atoms with Crippen molar-refractivity contribution in [3.05, 3.63) is 0 Å². The second-order valence-electron chi connectivity index (χ2n) is 5.11. The lowest BCUT2D eigenvalue weighted by molar-refractivity contribution is -0.126. The zero-order valence-corrected chi connectivity index (χ0v) is 10.7. The molecule has 0 aromatic heterocycles. The van der Waals surface area contributed by atoms with Crippen molar-refractivity contribution in [2.75, 3.05) is 31.1 Å². The van der Waals surface area contributed by atoms with Crippen molar-refractivity contribution in [2.45, 2.75) is 27.2 Å². The van der Waals surface area contributed by atoms with Gasteiger partial charge in [-0.25, -0.2) is 0 Å². The van der Waals surface area contributed by atoms with Gasteiger partial charge in [0.25, 0.3) is 0 Å². The number of hydrogen-bond acceptors (Lipinski definition) is 3. The molecule has 3 nitrogen and oxygen atoms in total. The summed E-state index contributed by atoms with van der Waals surface area (Å²) >= 11 is 0. The Morgan fingerprint density at radius 1 is 1.27 bits per heavy atom. The van der Waals surface area contributed by atoms with Crippen molar-refractivity contribution in [2.24, 2.45) is 5.41 Å². The predicted octanol–water partition coefficient (Wildman–Crippen LogP) is 1.06. The Labute approximate surface area is 94.7 Å². The summed E-state index contributed by atoms with van der Waals surface area (Å²) in [6.07, 6.45) is 0.621. The summed E-state index contributed by atoms with van der Waals surface area (Å²) in [5, 5.41) is 0. The van der Waals surface area contributed by atoms with Gasteiger partial charge in [-0.1, -0.05) is 20.8 Å². The molecule has 0 aromatic carbocycles. The Morgan fingerprint density at radius 3 is 2.27 bits per heavy atom. The maximum atomic E-state index is 11.7. The highest BCUT2D eigenvalue weighted by atomic mass is 32.2. The van der Waals surface area contributed by atoms with E-state index in [-0.39, 0.29) is 5.41 Å². The molecule has 0 unspecified atom stereocenters. The molecule has 88 valence electrons. The van der Waals surface area contributed by atoms with E-state index >= 15 is 0 Å². The van der Waals surface area contributed by atoms with E-state index in [4.69, 9.17) is 0 Å². The normalized spacial score (nSPS) is 20.5. The highest BCUT2D eigenvalue weighted by molar-refractivity contribution is 7.85. The number of nitrogens with zero attached hydrogens (tertiary/aromatic N) is 1. The Balaban J connectivity index is 2.26. The molecule has 0 aromatic rings. The highest BCUT2D eigenvalue weighted by Gasteiger charge is 2.22. The fourth-order valence-corrected chi connectivity index (χ4v) is 2.66. The summed E-state index contributed by atoms with van der Waals surface area (Å²) < 4.78 is 11.1. The molecule has 15 heavy (non-hydrogen) atoms. The molecule has 0 atom stereocenters. The van der Waals surface area contributed by atoms with Crippen molar-refractivity contribution >= 4 is 16.6 Å². The Kier molecular flexibility index (Phi) is 4.46. The van der Waals surface area contributed by atoms with E-state index in [2.05, 4.69) is 4.90 Å². The first-order chi connectivity index (χ1) is 6.89. The third kappa shape index (κ3) is 4.43. The molecule has 1 saturated heterocycles. The van der Waals surface area contributed by atoms with Crippen LogP contribution in [-0.2, 0) is 15.6 Å². The molecule has 0 amide bonds. The monoisotopic (exact) mass is 231 g/mol. The Morgan fingerprint density at radius 2 is 1.80 bits per heavy atom. The van der Waals surface area contributed by atoms with E-state index in [9.17, 15) is 9.00 Å². The minimum Gasteiger partial charge on any atom is -0.301 e. The predicted molar refractivity (Wildman–Crippen MR) is 63.4 cm³/mol. The molecule has 0 saturated carbocycles. The van der Waals surface area contributed by atoms with Gasteiger partial charge in [0.15, 0.2) is 0 Å². The fourth-order valence-electron chi connectivity index (χ4n) is 1.53. The third-order valence-corrected chi connectivity index (χ3v) is 4.04. The van der Waals surface area contributed by atoms with Crippen LogP contribution in [0.2, 0.25) is 0 Å². The summed E-state index contributed by atoms with van der Waals surface area (Å²) in [7, 11) is -0.619. The zero-order chi connectivity index (χ0) is 11.5. The van der Waals surface area contributed by atoms with Gasteiger partial charge in [0.05, 0.1) is 0 Å². The standard InChI is InChI=1S/C11H21NO2S/c1-11(2,3)10(13)4-5-12-6-8-15(14)9-7-12/h4-9H2,1-3H3. The van der Waals surface area contributed by atoms with Crippen LogP contribution in [-0.4, -0.2) is 46.0 Å². The number of carbonyl (C=O) groups is 1. The SMILES string of the molecule is CC(C)(C)C(=O)CCN1CCS(=O)CC1. The van der Waals surface area contributed by atoms with Gasteiger partial charge in [0, 0.05) is 53.8 Å². The van der Waals surface area contributed by atoms with Gasteiger partial charge in [0.2, 0.25) is 0 Å². The summed E-state index contributed by atoms with van der Waals surface area (Å²) in [5.74, 6) is 1.85. The molecule has 0 spiro atoms. The first kappa shape index (κ1) is 12.8. The van der Waals surface area contributed by atoms with E-state index in [0.29, 0.717) is 12.2 Å². The number of hydrogen-bond donors (Lipinski definition) is 0. The van der Waals surface area contributed by atoms with Gasteiger partial charge in [-0.2, -0.15) is 0 Å². The number of ketones is 1. The summed E-state index contributed by atoms with van der Waals surface area (Å²) in [6.45, 7) is 8.46. The quantitative estimate of drug-likeness (QED) is 0.729. The minimum atomic E-state index is -0.619. The Hall–Kier alpha value is -0.220. The van der Waals surface area contributed by atoms with E-state index in [0.717, 1.165) is 31.1 Å². The first-order valence-corrected chi connectivity index (χ1v) is 6.99. The second-order valence-corrected chi connectivity index (χ2v) is 6.81. The van der Waals surface area contributed by atoms with E-state index in [1.54, 1.807) is 0 Å². The number of carbonyl (C=O) groups excluding carboxylic acids is 1. The third-order valence-electron chi connectivity index (χ3n) is 2.76. The maximum Gasteiger partial charge on any atom is 0.139 e. The summed E-state index contributed by atoms with van der Waals surface area (Å²) in [6, 6.07) is 0. The van der Waals surface area contributed by atoms with E-state index in [1.807, 2.05) is 20.8 Å².